The number of nitrogens with zero attached hydrogens (tertiary/aromatic N) is 2. The molecule has 1 N–H and O–H groups in total. The summed E-state index contributed by atoms with van der Waals surface area (Å²) in [6.07, 6.45) is 4.03. The molecule has 0 radical (unpaired) electrons. The quantitative estimate of drug-likeness (QED) is 0.866. The fourth-order valence-electron chi connectivity index (χ4n) is 3.05. The monoisotopic (exact) mass is 243 g/mol. The van der Waals surface area contributed by atoms with Crippen molar-refractivity contribution in [1.29, 1.82) is 5.26 Å². The Bertz CT molecular complexity index is 521. The Morgan fingerprint density at radius 2 is 2.28 bits per heavy atom. The largest absolute Gasteiger partial charge is 0.373 e. The number of hydrogen-bond donors (Lipinski definition) is 1. The number of ether oxygens (including phenoxy) is 1. The van der Waals surface area contributed by atoms with Gasteiger partial charge in [-0.3, -0.25) is 0 Å². The molecule has 2 fully saturated rings. The lowest BCUT2D eigenvalue weighted by Gasteiger charge is -2.21. The fourth-order valence-corrected chi connectivity index (χ4v) is 3.05. The van der Waals surface area contributed by atoms with Gasteiger partial charge in [-0.15, -0.1) is 0 Å². The van der Waals surface area contributed by atoms with Crippen LogP contribution in [0.4, 0.5) is 5.82 Å². The molecule has 2 aliphatic rings. The van der Waals surface area contributed by atoms with Crippen molar-refractivity contribution >= 4 is 5.82 Å². The minimum Gasteiger partial charge on any atom is -0.373 e. The first-order valence-corrected chi connectivity index (χ1v) is 6.47. The molecule has 0 spiro atoms. The van der Waals surface area contributed by atoms with E-state index in [0.29, 0.717) is 23.8 Å². The molecule has 94 valence electrons. The molecule has 0 saturated carbocycles. The highest BCUT2D eigenvalue weighted by Gasteiger charge is 2.41. The summed E-state index contributed by atoms with van der Waals surface area (Å²) >= 11 is 0. The third kappa shape index (κ3) is 1.85. The van der Waals surface area contributed by atoms with Crippen LogP contribution in [-0.4, -0.2) is 23.2 Å². The SMILES string of the molecule is Cc1cc(C)c(C#N)c(N[C@@H]2C[C@@H]3CC[C@@H]2O3)n1. The van der Waals surface area contributed by atoms with Crippen molar-refractivity contribution < 1.29 is 4.74 Å². The van der Waals surface area contributed by atoms with E-state index in [2.05, 4.69) is 16.4 Å². The van der Waals surface area contributed by atoms with Crippen molar-refractivity contribution in [3.05, 3.63) is 22.9 Å². The fraction of sp³-hybridized carbons (Fsp3) is 0.571. The van der Waals surface area contributed by atoms with E-state index in [0.717, 1.165) is 29.9 Å². The maximum atomic E-state index is 9.23. The number of nitrogens with one attached hydrogen (secondary N) is 1. The molecule has 0 unspecified atom stereocenters. The smallest absolute Gasteiger partial charge is 0.144 e. The molecule has 2 aliphatic heterocycles. The van der Waals surface area contributed by atoms with Gasteiger partial charge >= 0.3 is 0 Å². The Morgan fingerprint density at radius 1 is 1.44 bits per heavy atom. The first-order valence-electron chi connectivity index (χ1n) is 6.47. The average Bonchev–Trinajstić information content (AvgIpc) is 2.90. The molecule has 3 heterocycles. The Morgan fingerprint density at radius 3 is 2.89 bits per heavy atom. The molecule has 4 nitrogen and oxygen atoms in total. The lowest BCUT2D eigenvalue weighted by molar-refractivity contribution is 0.102. The normalized spacial score (nSPS) is 29.3. The summed E-state index contributed by atoms with van der Waals surface area (Å²) in [7, 11) is 0. The third-order valence-corrected chi connectivity index (χ3v) is 3.88. The molecule has 3 atom stereocenters. The second kappa shape index (κ2) is 4.25. The average molecular weight is 243 g/mol. The zero-order valence-electron chi connectivity index (χ0n) is 10.7. The lowest BCUT2D eigenvalue weighted by Crippen LogP contribution is -2.31. The predicted molar refractivity (Wildman–Crippen MR) is 68.3 cm³/mol. The highest BCUT2D eigenvalue weighted by atomic mass is 16.5. The van der Waals surface area contributed by atoms with Gasteiger partial charge in [0.05, 0.1) is 23.8 Å². The van der Waals surface area contributed by atoms with E-state index in [9.17, 15) is 5.26 Å². The summed E-state index contributed by atoms with van der Waals surface area (Å²) in [6.45, 7) is 3.91. The number of aromatic nitrogens is 1. The van der Waals surface area contributed by atoms with Crippen molar-refractivity contribution in [1.82, 2.24) is 4.98 Å². The van der Waals surface area contributed by atoms with Crippen molar-refractivity contribution in [2.24, 2.45) is 0 Å². The number of fused-ring (bicyclic) bond motifs is 2. The summed E-state index contributed by atoms with van der Waals surface area (Å²) in [5.74, 6) is 0.719. The summed E-state index contributed by atoms with van der Waals surface area (Å²) in [6, 6.07) is 4.50. The minimum atomic E-state index is 0.296. The Kier molecular flexibility index (Phi) is 2.71. The van der Waals surface area contributed by atoms with E-state index in [1.807, 2.05) is 19.9 Å². The molecule has 3 rings (SSSR count). The highest BCUT2D eigenvalue weighted by Crippen LogP contribution is 2.36. The van der Waals surface area contributed by atoms with Gasteiger partial charge in [0, 0.05) is 5.69 Å². The van der Waals surface area contributed by atoms with E-state index in [-0.39, 0.29) is 0 Å². The standard InChI is InChI=1S/C14H17N3O/c1-8-5-9(2)16-14(11(8)7-15)17-12-6-10-3-4-13(12)18-10/h5,10,12-13H,3-4,6H2,1-2H3,(H,16,17)/t10-,12+,13-/m0/s1. The van der Waals surface area contributed by atoms with E-state index in [4.69, 9.17) is 4.74 Å². The molecule has 1 aromatic rings. The molecule has 4 heteroatoms. The number of pyridine rings is 1. The molecule has 2 saturated heterocycles. The molecule has 0 aliphatic carbocycles. The second-order valence-electron chi connectivity index (χ2n) is 5.28. The van der Waals surface area contributed by atoms with Crippen LogP contribution in [-0.2, 0) is 4.74 Å². The van der Waals surface area contributed by atoms with Crippen LogP contribution in [0.1, 0.15) is 36.1 Å². The van der Waals surface area contributed by atoms with Crippen LogP contribution < -0.4 is 5.32 Å². The maximum Gasteiger partial charge on any atom is 0.144 e. The van der Waals surface area contributed by atoms with Gasteiger partial charge in [-0.25, -0.2) is 4.98 Å². The maximum absolute atomic E-state index is 9.23. The van der Waals surface area contributed by atoms with E-state index < -0.39 is 0 Å². The van der Waals surface area contributed by atoms with Gasteiger partial charge in [-0.2, -0.15) is 5.26 Å². The first-order chi connectivity index (χ1) is 8.67. The Balaban J connectivity index is 1.86. The van der Waals surface area contributed by atoms with Gasteiger partial charge in [-0.05, 0) is 44.7 Å². The number of rotatable bonds is 2. The summed E-state index contributed by atoms with van der Waals surface area (Å²) < 4.78 is 5.82. The first kappa shape index (κ1) is 11.5. The summed E-state index contributed by atoms with van der Waals surface area (Å²) in [5.41, 5.74) is 2.58. The van der Waals surface area contributed by atoms with Gasteiger partial charge < -0.3 is 10.1 Å². The molecule has 18 heavy (non-hydrogen) atoms. The van der Waals surface area contributed by atoms with Gasteiger partial charge in [0.2, 0.25) is 0 Å². The van der Waals surface area contributed by atoms with Crippen molar-refractivity contribution in [2.75, 3.05) is 5.32 Å². The summed E-state index contributed by atoms with van der Waals surface area (Å²) in [4.78, 5) is 4.46. The van der Waals surface area contributed by atoms with Crippen LogP contribution in [0.2, 0.25) is 0 Å². The zero-order chi connectivity index (χ0) is 12.7. The minimum absolute atomic E-state index is 0.296. The topological polar surface area (TPSA) is 57.9 Å². The molecule has 1 aromatic heterocycles. The van der Waals surface area contributed by atoms with E-state index in [1.165, 1.54) is 6.42 Å². The molecular weight excluding hydrogens is 226 g/mol. The summed E-state index contributed by atoms with van der Waals surface area (Å²) in [5, 5.41) is 12.6. The van der Waals surface area contributed by atoms with Gasteiger partial charge in [0.15, 0.2) is 0 Å². The number of hydrogen-bond acceptors (Lipinski definition) is 4. The number of aryl methyl sites for hydroxylation is 2. The van der Waals surface area contributed by atoms with E-state index >= 15 is 0 Å². The third-order valence-electron chi connectivity index (χ3n) is 3.88. The predicted octanol–water partition coefficient (Wildman–Crippen LogP) is 2.30. The van der Waals surface area contributed by atoms with Crippen LogP contribution in [0.15, 0.2) is 6.07 Å². The lowest BCUT2D eigenvalue weighted by atomic mass is 9.95. The van der Waals surface area contributed by atoms with Crippen LogP contribution >= 0.6 is 0 Å². The van der Waals surface area contributed by atoms with Gasteiger partial charge in [0.25, 0.3) is 0 Å². The van der Waals surface area contributed by atoms with Crippen molar-refractivity contribution in [2.45, 2.75) is 51.4 Å². The molecule has 0 aromatic carbocycles. The van der Waals surface area contributed by atoms with Crippen LogP contribution in [0.5, 0.6) is 0 Å². The van der Waals surface area contributed by atoms with Crippen LogP contribution in [0, 0.1) is 25.2 Å². The highest BCUT2D eigenvalue weighted by molar-refractivity contribution is 5.57. The molecular formula is C14H17N3O. The zero-order valence-corrected chi connectivity index (χ0v) is 10.7. The van der Waals surface area contributed by atoms with Gasteiger partial charge in [0.1, 0.15) is 11.9 Å². The Hall–Kier alpha value is -1.60. The Labute approximate surface area is 107 Å². The van der Waals surface area contributed by atoms with Crippen molar-refractivity contribution in [3.63, 3.8) is 0 Å². The van der Waals surface area contributed by atoms with E-state index in [1.54, 1.807) is 0 Å². The van der Waals surface area contributed by atoms with Gasteiger partial charge in [-0.1, -0.05) is 0 Å². The van der Waals surface area contributed by atoms with Crippen molar-refractivity contribution in [3.8, 4) is 6.07 Å². The van der Waals surface area contributed by atoms with Crippen LogP contribution in [0.3, 0.4) is 0 Å². The molecule has 2 bridgehead atoms. The number of anilines is 1. The number of nitriles is 1. The van der Waals surface area contributed by atoms with Crippen LogP contribution in [0.25, 0.3) is 0 Å². The molecule has 0 amide bonds. The second-order valence-corrected chi connectivity index (χ2v) is 5.28.